The van der Waals surface area contributed by atoms with Gasteiger partial charge >= 0.3 is 0 Å². The number of aliphatic hydroxyl groups is 1. The Labute approximate surface area is 140 Å². The minimum atomic E-state index is -0.778. The standard InChI is InChI=1S/C18H20N2O4/c1-11-8-14-17(24-11)6-7-19-18(14)20-10-15(21)13-9-12(22-2)4-5-16(13)23-3/h4-9,15,21H,10H2,1-3H3,(H,19,20)/t15-/m0/s1. The fraction of sp³-hybridized carbons (Fsp3) is 0.278. The summed E-state index contributed by atoms with van der Waals surface area (Å²) in [7, 11) is 3.16. The number of anilines is 1. The van der Waals surface area contributed by atoms with E-state index in [9.17, 15) is 5.11 Å². The number of hydrogen-bond acceptors (Lipinski definition) is 6. The quantitative estimate of drug-likeness (QED) is 0.723. The Kier molecular flexibility index (Phi) is 4.57. The Bertz CT molecular complexity index is 844. The van der Waals surface area contributed by atoms with Crippen molar-refractivity contribution in [3.8, 4) is 11.5 Å². The van der Waals surface area contributed by atoms with Crippen LogP contribution in [0.5, 0.6) is 11.5 Å². The van der Waals surface area contributed by atoms with E-state index in [0.717, 1.165) is 16.7 Å². The summed E-state index contributed by atoms with van der Waals surface area (Å²) in [5.41, 5.74) is 1.42. The number of pyridine rings is 1. The molecule has 0 saturated carbocycles. The Morgan fingerprint density at radius 1 is 1.21 bits per heavy atom. The Morgan fingerprint density at radius 2 is 2.04 bits per heavy atom. The molecule has 0 amide bonds. The van der Waals surface area contributed by atoms with Crippen LogP contribution in [0.2, 0.25) is 0 Å². The number of hydrogen-bond donors (Lipinski definition) is 2. The third-order valence-electron chi connectivity index (χ3n) is 3.83. The fourth-order valence-electron chi connectivity index (χ4n) is 2.63. The molecule has 0 bridgehead atoms. The van der Waals surface area contributed by atoms with Crippen LogP contribution in [0.25, 0.3) is 11.0 Å². The molecule has 0 unspecified atom stereocenters. The molecule has 2 heterocycles. The molecule has 126 valence electrons. The molecule has 2 aromatic heterocycles. The minimum absolute atomic E-state index is 0.278. The molecule has 0 radical (unpaired) electrons. The number of rotatable bonds is 6. The Morgan fingerprint density at radius 3 is 2.79 bits per heavy atom. The van der Waals surface area contributed by atoms with Crippen LogP contribution in [0, 0.1) is 6.92 Å². The van der Waals surface area contributed by atoms with Crippen LogP contribution < -0.4 is 14.8 Å². The summed E-state index contributed by atoms with van der Waals surface area (Å²) in [6.07, 6.45) is 0.895. The van der Waals surface area contributed by atoms with E-state index < -0.39 is 6.10 Å². The lowest BCUT2D eigenvalue weighted by Crippen LogP contribution is -2.14. The van der Waals surface area contributed by atoms with Crippen molar-refractivity contribution in [1.29, 1.82) is 0 Å². The molecule has 0 aliphatic carbocycles. The summed E-state index contributed by atoms with van der Waals surface area (Å²) in [6, 6.07) is 9.06. The molecular formula is C18H20N2O4. The lowest BCUT2D eigenvalue weighted by molar-refractivity contribution is 0.186. The topological polar surface area (TPSA) is 76.8 Å². The summed E-state index contributed by atoms with van der Waals surface area (Å²) < 4.78 is 16.1. The third kappa shape index (κ3) is 3.14. The highest BCUT2D eigenvalue weighted by Crippen LogP contribution is 2.30. The van der Waals surface area contributed by atoms with E-state index in [1.807, 2.05) is 19.1 Å². The SMILES string of the molecule is COc1ccc(OC)c([C@@H](O)CNc2nccc3oc(C)cc23)c1. The lowest BCUT2D eigenvalue weighted by atomic mass is 10.1. The zero-order chi connectivity index (χ0) is 17.1. The van der Waals surface area contributed by atoms with Crippen molar-refractivity contribution in [3.63, 3.8) is 0 Å². The number of furan rings is 1. The van der Waals surface area contributed by atoms with Gasteiger partial charge < -0.3 is 24.3 Å². The van der Waals surface area contributed by atoms with Gasteiger partial charge in [-0.3, -0.25) is 0 Å². The van der Waals surface area contributed by atoms with E-state index in [0.29, 0.717) is 22.9 Å². The number of aromatic nitrogens is 1. The molecule has 3 aromatic rings. The van der Waals surface area contributed by atoms with Gasteiger partial charge in [-0.2, -0.15) is 0 Å². The van der Waals surface area contributed by atoms with Crippen molar-refractivity contribution in [2.75, 3.05) is 26.1 Å². The second-order valence-corrected chi connectivity index (χ2v) is 5.43. The van der Waals surface area contributed by atoms with Crippen molar-refractivity contribution in [2.45, 2.75) is 13.0 Å². The summed E-state index contributed by atoms with van der Waals surface area (Å²) in [4.78, 5) is 4.32. The van der Waals surface area contributed by atoms with Gasteiger partial charge in [-0.1, -0.05) is 0 Å². The van der Waals surface area contributed by atoms with Gasteiger partial charge in [0.15, 0.2) is 0 Å². The van der Waals surface area contributed by atoms with E-state index in [2.05, 4.69) is 10.3 Å². The first-order valence-electron chi connectivity index (χ1n) is 7.61. The van der Waals surface area contributed by atoms with Crippen molar-refractivity contribution < 1.29 is 19.0 Å². The fourth-order valence-corrected chi connectivity index (χ4v) is 2.63. The third-order valence-corrected chi connectivity index (χ3v) is 3.83. The molecule has 24 heavy (non-hydrogen) atoms. The predicted molar refractivity (Wildman–Crippen MR) is 91.7 cm³/mol. The van der Waals surface area contributed by atoms with Crippen LogP contribution in [-0.4, -0.2) is 30.9 Å². The van der Waals surface area contributed by atoms with Crippen molar-refractivity contribution >= 4 is 16.8 Å². The average Bonchev–Trinajstić information content (AvgIpc) is 2.99. The number of aryl methyl sites for hydroxylation is 1. The van der Waals surface area contributed by atoms with Gasteiger partial charge in [-0.05, 0) is 37.3 Å². The molecule has 1 atom stereocenters. The molecule has 0 saturated heterocycles. The molecule has 0 aliphatic heterocycles. The maximum absolute atomic E-state index is 10.5. The maximum atomic E-state index is 10.5. The molecule has 6 nitrogen and oxygen atoms in total. The van der Waals surface area contributed by atoms with Gasteiger partial charge in [0.05, 0.1) is 25.7 Å². The number of nitrogens with one attached hydrogen (secondary N) is 1. The molecule has 1 aromatic carbocycles. The van der Waals surface area contributed by atoms with Crippen LogP contribution in [0.1, 0.15) is 17.4 Å². The van der Waals surface area contributed by atoms with E-state index in [4.69, 9.17) is 13.9 Å². The molecule has 0 aliphatic rings. The van der Waals surface area contributed by atoms with Crippen LogP contribution in [0.15, 0.2) is 40.9 Å². The lowest BCUT2D eigenvalue weighted by Gasteiger charge is -2.17. The number of ether oxygens (including phenoxy) is 2. The summed E-state index contributed by atoms with van der Waals surface area (Å²) >= 11 is 0. The predicted octanol–water partition coefficient (Wildman–Crippen LogP) is 3.30. The van der Waals surface area contributed by atoms with Crippen LogP contribution in [-0.2, 0) is 0 Å². The molecule has 0 spiro atoms. The summed E-state index contributed by atoms with van der Waals surface area (Å²) in [5, 5.41) is 14.6. The van der Waals surface area contributed by atoms with E-state index >= 15 is 0 Å². The van der Waals surface area contributed by atoms with Gasteiger partial charge in [0, 0.05) is 18.3 Å². The van der Waals surface area contributed by atoms with Crippen molar-refractivity contribution in [2.24, 2.45) is 0 Å². The molecule has 3 rings (SSSR count). The highest BCUT2D eigenvalue weighted by Gasteiger charge is 2.16. The molecular weight excluding hydrogens is 308 g/mol. The van der Waals surface area contributed by atoms with Crippen LogP contribution in [0.3, 0.4) is 0 Å². The van der Waals surface area contributed by atoms with Gasteiger partial charge in [-0.15, -0.1) is 0 Å². The van der Waals surface area contributed by atoms with Gasteiger partial charge in [0.25, 0.3) is 0 Å². The van der Waals surface area contributed by atoms with E-state index in [-0.39, 0.29) is 6.54 Å². The second-order valence-electron chi connectivity index (χ2n) is 5.43. The zero-order valence-corrected chi connectivity index (χ0v) is 13.9. The van der Waals surface area contributed by atoms with Crippen molar-refractivity contribution in [3.05, 3.63) is 47.9 Å². The van der Waals surface area contributed by atoms with Gasteiger partial charge in [0.1, 0.15) is 28.7 Å². The Hall–Kier alpha value is -2.73. The van der Waals surface area contributed by atoms with Gasteiger partial charge in [-0.25, -0.2) is 4.98 Å². The number of aliphatic hydroxyl groups excluding tert-OH is 1. The molecule has 6 heteroatoms. The minimum Gasteiger partial charge on any atom is -0.497 e. The number of fused-ring (bicyclic) bond motifs is 1. The Balaban J connectivity index is 1.81. The first kappa shape index (κ1) is 16.1. The second kappa shape index (κ2) is 6.80. The first-order valence-corrected chi connectivity index (χ1v) is 7.61. The molecule has 2 N–H and O–H groups in total. The highest BCUT2D eigenvalue weighted by atomic mass is 16.5. The monoisotopic (exact) mass is 328 g/mol. The smallest absolute Gasteiger partial charge is 0.139 e. The highest BCUT2D eigenvalue weighted by molar-refractivity contribution is 5.88. The van der Waals surface area contributed by atoms with Crippen LogP contribution >= 0.6 is 0 Å². The van der Waals surface area contributed by atoms with E-state index in [1.165, 1.54) is 0 Å². The molecule has 0 fully saturated rings. The summed E-state index contributed by atoms with van der Waals surface area (Å²) in [5.74, 6) is 2.76. The number of nitrogens with zero attached hydrogens (tertiary/aromatic N) is 1. The first-order chi connectivity index (χ1) is 11.6. The number of benzene rings is 1. The summed E-state index contributed by atoms with van der Waals surface area (Å²) in [6.45, 7) is 2.17. The van der Waals surface area contributed by atoms with Gasteiger partial charge in [0.2, 0.25) is 0 Å². The van der Waals surface area contributed by atoms with E-state index in [1.54, 1.807) is 38.6 Å². The van der Waals surface area contributed by atoms with Crippen molar-refractivity contribution in [1.82, 2.24) is 4.98 Å². The maximum Gasteiger partial charge on any atom is 0.139 e. The van der Waals surface area contributed by atoms with Crippen LogP contribution in [0.4, 0.5) is 5.82 Å². The number of methoxy groups -OCH3 is 2. The zero-order valence-electron chi connectivity index (χ0n) is 13.9. The normalized spacial score (nSPS) is 12.2. The average molecular weight is 328 g/mol. The largest absolute Gasteiger partial charge is 0.497 e.